The molecule has 2 amide bonds. The maximum Gasteiger partial charge on any atom is 0.243 e. The second kappa shape index (κ2) is 9.20. The van der Waals surface area contributed by atoms with Crippen molar-refractivity contribution in [3.63, 3.8) is 0 Å². The highest BCUT2D eigenvalue weighted by Crippen LogP contribution is 2.29. The number of carbonyl (C=O) groups excluding carboxylic acids is 2. The molecule has 1 fully saturated rings. The van der Waals surface area contributed by atoms with Crippen molar-refractivity contribution in [2.75, 3.05) is 23.7 Å². The summed E-state index contributed by atoms with van der Waals surface area (Å²) in [6, 6.07) is 10.7. The Labute approximate surface area is 183 Å². The number of aryl methyl sites for hydroxylation is 3. The normalized spacial score (nSPS) is 15.5. The van der Waals surface area contributed by atoms with Crippen LogP contribution in [0.1, 0.15) is 36.5 Å². The zero-order valence-corrected chi connectivity index (χ0v) is 19.2. The summed E-state index contributed by atoms with van der Waals surface area (Å²) in [4.78, 5) is 24.3. The van der Waals surface area contributed by atoms with Crippen LogP contribution in [0.3, 0.4) is 0 Å². The standard InChI is InChI=1S/C23H29N3O4S/c1-15-12-16(2)22(17(3)13-15)31(29,30)26-10-8-19(9-11-26)23(28)25-21-7-5-6-20(14-21)24-18(4)27/h5-7,12-14,19H,8-11H2,1-4H3,(H,24,27)(H,25,28). The Kier molecular flexibility index (Phi) is 6.81. The first-order valence-electron chi connectivity index (χ1n) is 10.3. The average Bonchev–Trinajstić information content (AvgIpc) is 2.66. The van der Waals surface area contributed by atoms with Gasteiger partial charge < -0.3 is 10.6 Å². The topological polar surface area (TPSA) is 95.6 Å². The van der Waals surface area contributed by atoms with Gasteiger partial charge >= 0.3 is 0 Å². The van der Waals surface area contributed by atoms with Crippen molar-refractivity contribution >= 4 is 33.2 Å². The molecule has 8 heteroatoms. The molecule has 2 aromatic rings. The highest BCUT2D eigenvalue weighted by atomic mass is 32.2. The molecule has 0 aromatic heterocycles. The molecule has 1 heterocycles. The van der Waals surface area contributed by atoms with Crippen LogP contribution in [0.2, 0.25) is 0 Å². The van der Waals surface area contributed by atoms with E-state index < -0.39 is 10.0 Å². The predicted octanol–water partition coefficient (Wildman–Crippen LogP) is 3.61. The van der Waals surface area contributed by atoms with Crippen LogP contribution in [0, 0.1) is 26.7 Å². The van der Waals surface area contributed by atoms with E-state index in [4.69, 9.17) is 0 Å². The molecule has 1 saturated heterocycles. The van der Waals surface area contributed by atoms with Gasteiger partial charge in [-0.2, -0.15) is 4.31 Å². The zero-order valence-electron chi connectivity index (χ0n) is 18.4. The quantitative estimate of drug-likeness (QED) is 0.738. The third kappa shape index (κ3) is 5.32. The third-order valence-corrected chi connectivity index (χ3v) is 7.68. The van der Waals surface area contributed by atoms with E-state index >= 15 is 0 Å². The average molecular weight is 444 g/mol. The van der Waals surface area contributed by atoms with Gasteiger partial charge in [-0.25, -0.2) is 8.42 Å². The molecule has 31 heavy (non-hydrogen) atoms. The highest BCUT2D eigenvalue weighted by Gasteiger charge is 2.33. The summed E-state index contributed by atoms with van der Waals surface area (Å²) in [6.45, 7) is 7.63. The summed E-state index contributed by atoms with van der Waals surface area (Å²) in [5.74, 6) is -0.591. The number of sulfonamides is 1. The van der Waals surface area contributed by atoms with E-state index in [9.17, 15) is 18.0 Å². The van der Waals surface area contributed by atoms with Crippen LogP contribution in [-0.2, 0) is 19.6 Å². The van der Waals surface area contributed by atoms with Gasteiger partial charge in [-0.1, -0.05) is 23.8 Å². The summed E-state index contributed by atoms with van der Waals surface area (Å²) < 4.78 is 27.9. The van der Waals surface area contributed by atoms with Gasteiger partial charge in [0.25, 0.3) is 0 Å². The summed E-state index contributed by atoms with van der Waals surface area (Å²) in [5.41, 5.74) is 3.73. The lowest BCUT2D eigenvalue weighted by Crippen LogP contribution is -2.41. The Morgan fingerprint density at radius 2 is 1.48 bits per heavy atom. The number of nitrogens with one attached hydrogen (secondary N) is 2. The Bertz CT molecular complexity index is 1080. The smallest absolute Gasteiger partial charge is 0.243 e. The zero-order chi connectivity index (χ0) is 22.8. The minimum absolute atomic E-state index is 0.139. The number of rotatable bonds is 5. The maximum atomic E-state index is 13.2. The lowest BCUT2D eigenvalue weighted by atomic mass is 9.97. The molecular weight excluding hydrogens is 414 g/mol. The van der Waals surface area contributed by atoms with Gasteiger partial charge in [0.15, 0.2) is 0 Å². The number of carbonyl (C=O) groups is 2. The molecule has 0 bridgehead atoms. The fourth-order valence-corrected chi connectivity index (χ4v) is 6.06. The monoisotopic (exact) mass is 443 g/mol. The van der Waals surface area contributed by atoms with Gasteiger partial charge in [0.2, 0.25) is 21.8 Å². The SMILES string of the molecule is CC(=O)Nc1cccc(NC(=O)C2CCN(S(=O)(=O)c3c(C)cc(C)cc3C)CC2)c1. The number of amides is 2. The maximum absolute atomic E-state index is 13.2. The molecule has 1 aliphatic heterocycles. The number of benzene rings is 2. The summed E-state index contributed by atoms with van der Waals surface area (Å²) in [6.07, 6.45) is 0.917. The van der Waals surface area contributed by atoms with Crippen molar-refractivity contribution in [3.8, 4) is 0 Å². The summed E-state index contributed by atoms with van der Waals surface area (Å²) in [7, 11) is -3.60. The van der Waals surface area contributed by atoms with Crippen molar-refractivity contribution in [2.45, 2.75) is 45.4 Å². The van der Waals surface area contributed by atoms with Crippen molar-refractivity contribution in [1.82, 2.24) is 4.31 Å². The van der Waals surface area contributed by atoms with Crippen molar-refractivity contribution < 1.29 is 18.0 Å². The number of anilines is 2. The van der Waals surface area contributed by atoms with Crippen molar-refractivity contribution in [1.29, 1.82) is 0 Å². The van der Waals surface area contributed by atoms with Gasteiger partial charge in [-0.3, -0.25) is 9.59 Å². The fourth-order valence-electron chi connectivity index (χ4n) is 4.18. The van der Waals surface area contributed by atoms with Crippen LogP contribution in [0.15, 0.2) is 41.3 Å². The fraction of sp³-hybridized carbons (Fsp3) is 0.391. The van der Waals surface area contributed by atoms with E-state index in [1.54, 1.807) is 24.3 Å². The minimum atomic E-state index is -3.60. The van der Waals surface area contributed by atoms with Gasteiger partial charge in [0, 0.05) is 37.3 Å². The van der Waals surface area contributed by atoms with Gasteiger partial charge in [-0.15, -0.1) is 0 Å². The molecule has 0 spiro atoms. The first-order valence-corrected chi connectivity index (χ1v) is 11.8. The molecule has 0 atom stereocenters. The summed E-state index contributed by atoms with van der Waals surface area (Å²) >= 11 is 0. The van der Waals surface area contributed by atoms with E-state index in [0.717, 1.165) is 16.7 Å². The first-order chi connectivity index (χ1) is 14.6. The molecule has 2 N–H and O–H groups in total. The molecule has 166 valence electrons. The highest BCUT2D eigenvalue weighted by molar-refractivity contribution is 7.89. The van der Waals surface area contributed by atoms with Crippen molar-refractivity contribution in [3.05, 3.63) is 53.1 Å². The van der Waals surface area contributed by atoms with Crippen LogP contribution in [0.25, 0.3) is 0 Å². The second-order valence-electron chi connectivity index (χ2n) is 8.16. The molecule has 0 radical (unpaired) electrons. The molecule has 2 aromatic carbocycles. The predicted molar refractivity (Wildman–Crippen MR) is 122 cm³/mol. The van der Waals surface area contributed by atoms with Gasteiger partial charge in [0.05, 0.1) is 4.90 Å². The molecular formula is C23H29N3O4S. The lowest BCUT2D eigenvalue weighted by Gasteiger charge is -2.31. The second-order valence-corrected chi connectivity index (χ2v) is 10.0. The minimum Gasteiger partial charge on any atom is -0.326 e. The van der Waals surface area contributed by atoms with Crippen LogP contribution >= 0.6 is 0 Å². The van der Waals surface area contributed by atoms with Crippen LogP contribution in [0.5, 0.6) is 0 Å². The van der Waals surface area contributed by atoms with Crippen LogP contribution < -0.4 is 10.6 Å². The number of nitrogens with zero attached hydrogens (tertiary/aromatic N) is 1. The largest absolute Gasteiger partial charge is 0.326 e. The van der Waals surface area contributed by atoms with E-state index in [1.165, 1.54) is 11.2 Å². The number of hydrogen-bond acceptors (Lipinski definition) is 4. The Hall–Kier alpha value is -2.71. The Morgan fingerprint density at radius 1 is 0.935 bits per heavy atom. The van der Waals surface area contributed by atoms with Gasteiger partial charge in [0.1, 0.15) is 0 Å². The molecule has 1 aliphatic rings. The molecule has 0 aliphatic carbocycles. The van der Waals surface area contributed by atoms with Gasteiger partial charge in [-0.05, 0) is 62.9 Å². The third-order valence-electron chi connectivity index (χ3n) is 5.48. The van der Waals surface area contributed by atoms with E-state index in [-0.39, 0.29) is 17.7 Å². The van der Waals surface area contributed by atoms with Crippen LogP contribution in [-0.4, -0.2) is 37.6 Å². The molecule has 3 rings (SSSR count). The number of hydrogen-bond donors (Lipinski definition) is 2. The molecule has 0 unspecified atom stereocenters. The van der Waals surface area contributed by atoms with E-state index in [2.05, 4.69) is 10.6 Å². The Balaban J connectivity index is 1.65. The molecule has 7 nitrogen and oxygen atoms in total. The van der Waals surface area contributed by atoms with Crippen LogP contribution in [0.4, 0.5) is 11.4 Å². The van der Waals surface area contributed by atoms with Crippen molar-refractivity contribution in [2.24, 2.45) is 5.92 Å². The number of piperidine rings is 1. The lowest BCUT2D eigenvalue weighted by molar-refractivity contribution is -0.121. The van der Waals surface area contributed by atoms with E-state index in [1.807, 2.05) is 32.9 Å². The molecule has 0 saturated carbocycles. The summed E-state index contributed by atoms with van der Waals surface area (Å²) in [5, 5.41) is 5.56. The Morgan fingerprint density at radius 3 is 2.03 bits per heavy atom. The van der Waals surface area contributed by atoms with E-state index in [0.29, 0.717) is 42.2 Å². The first kappa shape index (κ1) is 23.0.